The van der Waals surface area contributed by atoms with Crippen molar-refractivity contribution in [2.24, 2.45) is 0 Å². The first-order valence-electron chi connectivity index (χ1n) is 8.90. The Morgan fingerprint density at radius 2 is 2.04 bits per heavy atom. The number of aryl methyl sites for hydroxylation is 1. The zero-order chi connectivity index (χ0) is 16.5. The second-order valence-electron chi connectivity index (χ2n) is 6.83. The molecule has 7 heteroatoms. The predicted molar refractivity (Wildman–Crippen MR) is 92.2 cm³/mol. The van der Waals surface area contributed by atoms with Crippen molar-refractivity contribution in [2.45, 2.75) is 70.9 Å². The fourth-order valence-electron chi connectivity index (χ4n) is 3.98. The van der Waals surface area contributed by atoms with Crippen molar-refractivity contribution in [3.05, 3.63) is 27.5 Å². The summed E-state index contributed by atoms with van der Waals surface area (Å²) in [5.41, 5.74) is 4.55. The van der Waals surface area contributed by atoms with Gasteiger partial charge in [-0.2, -0.15) is 5.10 Å². The number of carbonyl (C=O) groups excluding carboxylic acids is 1. The Labute approximate surface area is 145 Å². The van der Waals surface area contributed by atoms with Gasteiger partial charge in [-0.15, -0.1) is 5.10 Å². The maximum Gasteiger partial charge on any atom is 0.265 e. The zero-order valence-corrected chi connectivity index (χ0v) is 14.9. The number of hydrogen-bond donors (Lipinski definition) is 1. The van der Waals surface area contributed by atoms with E-state index < -0.39 is 0 Å². The van der Waals surface area contributed by atoms with E-state index >= 15 is 0 Å². The van der Waals surface area contributed by atoms with E-state index in [0.29, 0.717) is 23.2 Å². The van der Waals surface area contributed by atoms with Gasteiger partial charge in [0.15, 0.2) is 0 Å². The number of aromatic nitrogens is 4. The molecule has 0 spiro atoms. The van der Waals surface area contributed by atoms with Crippen molar-refractivity contribution in [1.29, 1.82) is 0 Å². The van der Waals surface area contributed by atoms with Gasteiger partial charge in [0.2, 0.25) is 0 Å². The summed E-state index contributed by atoms with van der Waals surface area (Å²) < 4.78 is 6.13. The van der Waals surface area contributed by atoms with Crippen LogP contribution in [0, 0.1) is 6.92 Å². The largest absolute Gasteiger partial charge is 0.345 e. The first-order chi connectivity index (χ1) is 11.7. The summed E-state index contributed by atoms with van der Waals surface area (Å²) >= 11 is 1.15. The molecule has 2 aliphatic rings. The molecule has 2 aromatic rings. The fraction of sp³-hybridized carbons (Fsp3) is 0.647. The van der Waals surface area contributed by atoms with E-state index in [-0.39, 0.29) is 5.91 Å². The molecule has 0 saturated heterocycles. The Kier molecular flexibility index (Phi) is 4.35. The highest BCUT2D eigenvalue weighted by Crippen LogP contribution is 2.34. The molecule has 0 atom stereocenters. The summed E-state index contributed by atoms with van der Waals surface area (Å²) in [7, 11) is 0. The summed E-state index contributed by atoms with van der Waals surface area (Å²) in [5, 5.41) is 11.8. The molecule has 1 fully saturated rings. The standard InChI is InChI=1S/C17H23N5OS/c1-11-16(24-21-19-11)17(23)18-10-14-13-8-4-5-9-15(13)22(20-14)12-6-2-3-7-12/h12H,2-10H2,1H3,(H,18,23). The van der Waals surface area contributed by atoms with E-state index in [4.69, 9.17) is 5.10 Å². The van der Waals surface area contributed by atoms with Gasteiger partial charge >= 0.3 is 0 Å². The van der Waals surface area contributed by atoms with Gasteiger partial charge in [-0.05, 0) is 62.5 Å². The molecule has 2 aromatic heterocycles. The van der Waals surface area contributed by atoms with Gasteiger partial charge in [0.25, 0.3) is 5.91 Å². The normalized spacial score (nSPS) is 17.9. The minimum Gasteiger partial charge on any atom is -0.345 e. The quantitative estimate of drug-likeness (QED) is 0.924. The number of hydrogen-bond acceptors (Lipinski definition) is 5. The Hall–Kier alpha value is -1.76. The lowest BCUT2D eigenvalue weighted by molar-refractivity contribution is 0.0953. The minimum absolute atomic E-state index is 0.0949. The van der Waals surface area contributed by atoms with Crippen LogP contribution in [0.1, 0.15) is 76.9 Å². The van der Waals surface area contributed by atoms with Crippen LogP contribution in [0.15, 0.2) is 0 Å². The van der Waals surface area contributed by atoms with Gasteiger partial charge in [0.05, 0.1) is 24.0 Å². The van der Waals surface area contributed by atoms with Gasteiger partial charge in [-0.25, -0.2) is 0 Å². The van der Waals surface area contributed by atoms with Crippen LogP contribution in [0.5, 0.6) is 0 Å². The van der Waals surface area contributed by atoms with Crippen LogP contribution in [0.3, 0.4) is 0 Å². The van der Waals surface area contributed by atoms with Crippen molar-refractivity contribution in [3.63, 3.8) is 0 Å². The summed E-state index contributed by atoms with van der Waals surface area (Å²) in [6.07, 6.45) is 9.80. The molecule has 6 nitrogen and oxygen atoms in total. The molecule has 0 aromatic carbocycles. The van der Waals surface area contributed by atoms with Crippen LogP contribution < -0.4 is 5.32 Å². The first kappa shape index (κ1) is 15.7. The van der Waals surface area contributed by atoms with E-state index in [0.717, 1.165) is 30.1 Å². The summed E-state index contributed by atoms with van der Waals surface area (Å²) in [5.74, 6) is -0.0949. The van der Waals surface area contributed by atoms with E-state index in [1.165, 1.54) is 49.8 Å². The molecule has 4 rings (SSSR count). The van der Waals surface area contributed by atoms with Gasteiger partial charge in [-0.1, -0.05) is 17.3 Å². The third kappa shape index (κ3) is 2.85. The molecule has 128 valence electrons. The van der Waals surface area contributed by atoms with E-state index in [1.807, 2.05) is 6.92 Å². The van der Waals surface area contributed by atoms with Crippen molar-refractivity contribution >= 4 is 17.4 Å². The highest BCUT2D eigenvalue weighted by molar-refractivity contribution is 7.07. The Bertz CT molecular complexity index is 744. The Balaban J connectivity index is 1.54. The molecular formula is C17H23N5OS. The van der Waals surface area contributed by atoms with Gasteiger partial charge in [-0.3, -0.25) is 9.48 Å². The number of nitrogens with zero attached hydrogens (tertiary/aromatic N) is 4. The average molecular weight is 345 g/mol. The van der Waals surface area contributed by atoms with E-state index in [9.17, 15) is 4.79 Å². The lowest BCUT2D eigenvalue weighted by Crippen LogP contribution is -2.23. The Morgan fingerprint density at radius 3 is 2.79 bits per heavy atom. The molecule has 1 saturated carbocycles. The monoisotopic (exact) mass is 345 g/mol. The lowest BCUT2D eigenvalue weighted by atomic mass is 9.95. The van der Waals surface area contributed by atoms with Crippen LogP contribution in [0.2, 0.25) is 0 Å². The summed E-state index contributed by atoms with van der Waals surface area (Å²) in [4.78, 5) is 12.9. The molecule has 1 N–H and O–H groups in total. The van der Waals surface area contributed by atoms with Crippen LogP contribution in [0.4, 0.5) is 0 Å². The fourth-order valence-corrected chi connectivity index (χ4v) is 4.55. The topological polar surface area (TPSA) is 72.7 Å². The number of fused-ring (bicyclic) bond motifs is 1. The molecule has 0 bridgehead atoms. The molecule has 1 amide bonds. The summed E-state index contributed by atoms with van der Waals surface area (Å²) in [6.45, 7) is 2.31. The van der Waals surface area contributed by atoms with Gasteiger partial charge in [0, 0.05) is 5.69 Å². The number of rotatable bonds is 4. The van der Waals surface area contributed by atoms with Crippen molar-refractivity contribution in [2.75, 3.05) is 0 Å². The van der Waals surface area contributed by atoms with Crippen molar-refractivity contribution in [1.82, 2.24) is 24.7 Å². The van der Waals surface area contributed by atoms with Gasteiger partial charge in [0.1, 0.15) is 4.88 Å². The van der Waals surface area contributed by atoms with Crippen molar-refractivity contribution in [3.8, 4) is 0 Å². The van der Waals surface area contributed by atoms with Crippen molar-refractivity contribution < 1.29 is 4.79 Å². The van der Waals surface area contributed by atoms with Gasteiger partial charge < -0.3 is 5.32 Å². The molecule has 24 heavy (non-hydrogen) atoms. The van der Waals surface area contributed by atoms with Crippen LogP contribution in [0.25, 0.3) is 0 Å². The third-order valence-electron chi connectivity index (χ3n) is 5.24. The highest BCUT2D eigenvalue weighted by atomic mass is 32.1. The lowest BCUT2D eigenvalue weighted by Gasteiger charge is -2.18. The highest BCUT2D eigenvalue weighted by Gasteiger charge is 2.27. The Morgan fingerprint density at radius 1 is 1.25 bits per heavy atom. The maximum absolute atomic E-state index is 12.3. The van der Waals surface area contributed by atoms with Crippen LogP contribution in [-0.2, 0) is 19.4 Å². The third-order valence-corrected chi connectivity index (χ3v) is 6.06. The average Bonchev–Trinajstić information content (AvgIpc) is 3.32. The zero-order valence-electron chi connectivity index (χ0n) is 14.0. The smallest absolute Gasteiger partial charge is 0.265 e. The maximum atomic E-state index is 12.3. The second kappa shape index (κ2) is 6.63. The number of carbonyl (C=O) groups is 1. The van der Waals surface area contributed by atoms with E-state index in [2.05, 4.69) is 19.6 Å². The molecule has 0 aliphatic heterocycles. The molecule has 2 heterocycles. The SMILES string of the molecule is Cc1nnsc1C(=O)NCc1nn(C2CCCC2)c2c1CCCC2. The first-order valence-corrected chi connectivity index (χ1v) is 9.67. The predicted octanol–water partition coefficient (Wildman–Crippen LogP) is 2.97. The molecular weight excluding hydrogens is 322 g/mol. The number of amides is 1. The summed E-state index contributed by atoms with van der Waals surface area (Å²) in [6, 6.07) is 0.564. The van der Waals surface area contributed by atoms with E-state index in [1.54, 1.807) is 0 Å². The molecule has 0 radical (unpaired) electrons. The number of nitrogens with one attached hydrogen (secondary N) is 1. The molecule has 2 aliphatic carbocycles. The van der Waals surface area contributed by atoms with Crippen LogP contribution in [-0.4, -0.2) is 25.3 Å². The van der Waals surface area contributed by atoms with Crippen LogP contribution >= 0.6 is 11.5 Å². The second-order valence-corrected chi connectivity index (χ2v) is 7.59. The molecule has 0 unspecified atom stereocenters. The minimum atomic E-state index is -0.0949.